The Bertz CT molecular complexity index is 130. The van der Waals surface area contributed by atoms with Gasteiger partial charge in [-0.3, -0.25) is 4.90 Å². The summed E-state index contributed by atoms with van der Waals surface area (Å²) in [7, 11) is 4.43. The zero-order chi connectivity index (χ0) is 9.68. The Labute approximate surface area is 82.1 Å². The highest BCUT2D eigenvalue weighted by Crippen LogP contribution is 2.12. The van der Waals surface area contributed by atoms with Gasteiger partial charge in [0, 0.05) is 12.7 Å². The molecule has 0 radical (unpaired) electrons. The van der Waals surface area contributed by atoms with Crippen molar-refractivity contribution in [3.63, 3.8) is 0 Å². The molecule has 1 fully saturated rings. The van der Waals surface area contributed by atoms with E-state index in [2.05, 4.69) is 36.1 Å². The molecule has 0 bridgehead atoms. The largest absolute Gasteiger partial charge is 0.306 e. The standard InChI is InChI=1S/C10H23N3/c1-4-11-9-13(3)10-5-7-12(2)8-6-10/h10-11H,4-9H2,1-3H3. The van der Waals surface area contributed by atoms with Crippen molar-refractivity contribution in [3.05, 3.63) is 0 Å². The quantitative estimate of drug-likeness (QED) is 0.646. The summed E-state index contributed by atoms with van der Waals surface area (Å²) in [4.78, 5) is 4.86. The number of piperidine rings is 1. The predicted octanol–water partition coefficient (Wildman–Crippen LogP) is 0.579. The Hall–Kier alpha value is -0.120. The molecule has 1 aliphatic rings. The van der Waals surface area contributed by atoms with Crippen LogP contribution in [0.5, 0.6) is 0 Å². The first-order chi connectivity index (χ1) is 6.24. The number of hydrogen-bond donors (Lipinski definition) is 1. The second-order valence-electron chi connectivity index (χ2n) is 4.05. The van der Waals surface area contributed by atoms with Crippen LogP contribution in [0.15, 0.2) is 0 Å². The van der Waals surface area contributed by atoms with Crippen LogP contribution in [0, 0.1) is 0 Å². The van der Waals surface area contributed by atoms with E-state index in [-0.39, 0.29) is 0 Å². The van der Waals surface area contributed by atoms with Crippen molar-refractivity contribution in [2.24, 2.45) is 0 Å². The minimum Gasteiger partial charge on any atom is -0.306 e. The van der Waals surface area contributed by atoms with E-state index < -0.39 is 0 Å². The third-order valence-electron chi connectivity index (χ3n) is 2.92. The monoisotopic (exact) mass is 185 g/mol. The van der Waals surface area contributed by atoms with E-state index in [1.807, 2.05) is 0 Å². The van der Waals surface area contributed by atoms with E-state index in [9.17, 15) is 0 Å². The van der Waals surface area contributed by atoms with Crippen LogP contribution < -0.4 is 5.32 Å². The topological polar surface area (TPSA) is 18.5 Å². The fourth-order valence-corrected chi connectivity index (χ4v) is 1.85. The SMILES string of the molecule is CCNCN(C)C1CCN(C)CC1. The van der Waals surface area contributed by atoms with Gasteiger partial charge >= 0.3 is 0 Å². The van der Waals surface area contributed by atoms with Crippen LogP contribution in [0.2, 0.25) is 0 Å². The molecule has 3 nitrogen and oxygen atoms in total. The molecule has 0 spiro atoms. The van der Waals surface area contributed by atoms with E-state index >= 15 is 0 Å². The first-order valence-electron chi connectivity index (χ1n) is 5.33. The van der Waals surface area contributed by atoms with Gasteiger partial charge in [-0.1, -0.05) is 6.92 Å². The first-order valence-corrected chi connectivity index (χ1v) is 5.33. The summed E-state index contributed by atoms with van der Waals surface area (Å²) in [5.41, 5.74) is 0. The third kappa shape index (κ3) is 3.63. The number of hydrogen-bond acceptors (Lipinski definition) is 3. The van der Waals surface area contributed by atoms with Crippen molar-refractivity contribution in [2.75, 3.05) is 40.4 Å². The Balaban J connectivity index is 2.19. The number of rotatable bonds is 4. The maximum Gasteiger partial charge on any atom is 0.0480 e. The van der Waals surface area contributed by atoms with Crippen LogP contribution in [0.4, 0.5) is 0 Å². The van der Waals surface area contributed by atoms with Gasteiger partial charge in [0.05, 0.1) is 0 Å². The number of likely N-dealkylation sites (tertiary alicyclic amines) is 1. The lowest BCUT2D eigenvalue weighted by Gasteiger charge is -2.35. The summed E-state index contributed by atoms with van der Waals surface area (Å²) in [5.74, 6) is 0. The van der Waals surface area contributed by atoms with Crippen LogP contribution in [0.1, 0.15) is 19.8 Å². The van der Waals surface area contributed by atoms with Gasteiger partial charge in [-0.2, -0.15) is 0 Å². The molecule has 78 valence electrons. The van der Waals surface area contributed by atoms with Crippen molar-refractivity contribution >= 4 is 0 Å². The molecule has 0 aliphatic carbocycles. The molecule has 0 amide bonds. The molecule has 0 aromatic carbocycles. The average Bonchev–Trinajstić information content (AvgIpc) is 2.15. The van der Waals surface area contributed by atoms with Crippen molar-refractivity contribution in [3.8, 4) is 0 Å². The third-order valence-corrected chi connectivity index (χ3v) is 2.92. The molecule has 0 unspecified atom stereocenters. The van der Waals surface area contributed by atoms with Gasteiger partial charge < -0.3 is 10.2 Å². The summed E-state index contributed by atoms with van der Waals surface area (Å²) in [6.45, 7) is 6.76. The highest BCUT2D eigenvalue weighted by atomic mass is 15.2. The van der Waals surface area contributed by atoms with Gasteiger partial charge in [0.25, 0.3) is 0 Å². The van der Waals surface area contributed by atoms with Crippen LogP contribution in [-0.4, -0.2) is 56.2 Å². The molecular formula is C10H23N3. The molecule has 0 aromatic heterocycles. The highest BCUT2D eigenvalue weighted by Gasteiger charge is 2.19. The Morgan fingerprint density at radius 2 is 2.00 bits per heavy atom. The second kappa shape index (κ2) is 5.58. The molecule has 1 N–H and O–H groups in total. The minimum absolute atomic E-state index is 0.787. The molecule has 0 saturated carbocycles. The number of nitrogens with one attached hydrogen (secondary N) is 1. The van der Waals surface area contributed by atoms with E-state index in [0.717, 1.165) is 19.3 Å². The van der Waals surface area contributed by atoms with Gasteiger partial charge in [0.15, 0.2) is 0 Å². The predicted molar refractivity (Wildman–Crippen MR) is 56.8 cm³/mol. The molecule has 1 aliphatic heterocycles. The van der Waals surface area contributed by atoms with Crippen LogP contribution in [0.3, 0.4) is 0 Å². The van der Waals surface area contributed by atoms with Crippen molar-refractivity contribution in [1.82, 2.24) is 15.1 Å². The summed E-state index contributed by atoms with van der Waals surface area (Å²) in [6, 6.07) is 0.787. The van der Waals surface area contributed by atoms with Crippen LogP contribution >= 0.6 is 0 Å². The molecule has 1 rings (SSSR count). The summed E-state index contributed by atoms with van der Waals surface area (Å²) in [6.07, 6.45) is 2.64. The molecule has 13 heavy (non-hydrogen) atoms. The van der Waals surface area contributed by atoms with Crippen LogP contribution in [0.25, 0.3) is 0 Å². The second-order valence-corrected chi connectivity index (χ2v) is 4.05. The van der Waals surface area contributed by atoms with Gasteiger partial charge in [-0.05, 0) is 46.6 Å². The van der Waals surface area contributed by atoms with Gasteiger partial charge in [0.2, 0.25) is 0 Å². The maximum atomic E-state index is 3.37. The van der Waals surface area contributed by atoms with E-state index in [1.165, 1.54) is 25.9 Å². The van der Waals surface area contributed by atoms with E-state index in [4.69, 9.17) is 0 Å². The Morgan fingerprint density at radius 1 is 1.38 bits per heavy atom. The number of nitrogens with zero attached hydrogens (tertiary/aromatic N) is 2. The molecular weight excluding hydrogens is 162 g/mol. The summed E-state index contributed by atoms with van der Waals surface area (Å²) in [5, 5.41) is 3.37. The highest BCUT2D eigenvalue weighted by molar-refractivity contribution is 4.76. The maximum absolute atomic E-state index is 3.37. The molecule has 1 heterocycles. The van der Waals surface area contributed by atoms with Gasteiger partial charge in [-0.25, -0.2) is 0 Å². The summed E-state index contributed by atoms with van der Waals surface area (Å²) < 4.78 is 0. The smallest absolute Gasteiger partial charge is 0.0480 e. The zero-order valence-electron chi connectivity index (χ0n) is 9.21. The molecule has 0 aromatic rings. The zero-order valence-corrected chi connectivity index (χ0v) is 9.21. The fourth-order valence-electron chi connectivity index (χ4n) is 1.85. The summed E-state index contributed by atoms with van der Waals surface area (Å²) >= 11 is 0. The van der Waals surface area contributed by atoms with E-state index in [1.54, 1.807) is 0 Å². The van der Waals surface area contributed by atoms with Gasteiger partial charge in [-0.15, -0.1) is 0 Å². The molecule has 0 atom stereocenters. The normalized spacial score (nSPS) is 21.2. The first kappa shape index (κ1) is 11.0. The Morgan fingerprint density at radius 3 is 2.54 bits per heavy atom. The Kier molecular flexibility index (Phi) is 4.70. The lowest BCUT2D eigenvalue weighted by molar-refractivity contribution is 0.137. The average molecular weight is 185 g/mol. The molecule has 1 saturated heterocycles. The van der Waals surface area contributed by atoms with Crippen molar-refractivity contribution in [2.45, 2.75) is 25.8 Å². The lowest BCUT2D eigenvalue weighted by Crippen LogP contribution is -2.45. The minimum atomic E-state index is 0.787. The lowest BCUT2D eigenvalue weighted by atomic mass is 10.0. The van der Waals surface area contributed by atoms with Crippen molar-refractivity contribution < 1.29 is 0 Å². The fraction of sp³-hybridized carbons (Fsp3) is 1.00. The van der Waals surface area contributed by atoms with Crippen LogP contribution in [-0.2, 0) is 0 Å². The van der Waals surface area contributed by atoms with Gasteiger partial charge in [0.1, 0.15) is 0 Å². The van der Waals surface area contributed by atoms with Crippen molar-refractivity contribution in [1.29, 1.82) is 0 Å². The molecule has 3 heteroatoms. The van der Waals surface area contributed by atoms with E-state index in [0.29, 0.717) is 0 Å².